The second-order valence-corrected chi connectivity index (χ2v) is 8.02. The molecular weight excluding hydrogens is 354 g/mol. The molecule has 0 fully saturated rings. The molecule has 0 radical (unpaired) electrons. The molecule has 1 N–H and O–H groups in total. The zero-order valence-corrected chi connectivity index (χ0v) is 16.8. The molecule has 148 valence electrons. The van der Waals surface area contributed by atoms with Gasteiger partial charge in [-0.3, -0.25) is 4.79 Å². The van der Waals surface area contributed by atoms with Gasteiger partial charge in [0.2, 0.25) is 0 Å². The molecule has 0 unspecified atom stereocenters. The maximum atomic E-state index is 12.2. The fourth-order valence-corrected chi connectivity index (χ4v) is 3.39. The molecule has 0 bridgehead atoms. The molecule has 1 aliphatic rings. The number of carbonyl (C=O) groups excluding carboxylic acids is 2. The lowest BCUT2D eigenvalue weighted by Crippen LogP contribution is -2.41. The van der Waals surface area contributed by atoms with Crippen LogP contribution in [0.4, 0.5) is 4.79 Å². The van der Waals surface area contributed by atoms with Crippen LogP contribution in [0.5, 0.6) is 0 Å². The SMILES string of the molecule is CC(C)OC(=O)C(C)(C)CNC(=O)OCC1c2ccccc2-c2ccccc21. The third-order valence-corrected chi connectivity index (χ3v) is 4.91. The number of amides is 1. The summed E-state index contributed by atoms with van der Waals surface area (Å²) in [6.07, 6.45) is -0.728. The summed E-state index contributed by atoms with van der Waals surface area (Å²) in [4.78, 5) is 24.3. The lowest BCUT2D eigenvalue weighted by molar-refractivity contribution is -0.157. The van der Waals surface area contributed by atoms with E-state index in [-0.39, 0.29) is 31.1 Å². The van der Waals surface area contributed by atoms with Crippen LogP contribution in [0.3, 0.4) is 0 Å². The lowest BCUT2D eigenvalue weighted by Gasteiger charge is -2.24. The number of benzene rings is 2. The van der Waals surface area contributed by atoms with E-state index in [1.807, 2.05) is 24.3 Å². The van der Waals surface area contributed by atoms with Crippen LogP contribution < -0.4 is 5.32 Å². The van der Waals surface area contributed by atoms with Gasteiger partial charge in [0.05, 0.1) is 11.5 Å². The largest absolute Gasteiger partial charge is 0.463 e. The van der Waals surface area contributed by atoms with Crippen molar-refractivity contribution in [2.24, 2.45) is 5.41 Å². The molecule has 28 heavy (non-hydrogen) atoms. The summed E-state index contributed by atoms with van der Waals surface area (Å²) in [6.45, 7) is 7.47. The normalized spacial score (nSPS) is 13.0. The first-order chi connectivity index (χ1) is 13.3. The minimum absolute atomic E-state index is 0.0112. The van der Waals surface area contributed by atoms with E-state index in [2.05, 4.69) is 29.6 Å². The number of nitrogens with one attached hydrogen (secondary N) is 1. The summed E-state index contributed by atoms with van der Waals surface area (Å²) >= 11 is 0. The smallest absolute Gasteiger partial charge is 0.407 e. The van der Waals surface area contributed by atoms with Crippen molar-refractivity contribution in [2.45, 2.75) is 39.7 Å². The summed E-state index contributed by atoms with van der Waals surface area (Å²) in [7, 11) is 0. The number of fused-ring (bicyclic) bond motifs is 3. The molecule has 5 nitrogen and oxygen atoms in total. The van der Waals surface area contributed by atoms with Gasteiger partial charge in [0.1, 0.15) is 6.61 Å². The Balaban J connectivity index is 1.60. The van der Waals surface area contributed by atoms with Crippen molar-refractivity contribution in [3.05, 3.63) is 59.7 Å². The molecule has 0 aliphatic heterocycles. The third kappa shape index (κ3) is 4.19. The predicted octanol–water partition coefficient (Wildman–Crippen LogP) is 4.50. The van der Waals surface area contributed by atoms with E-state index in [1.165, 1.54) is 11.1 Å². The predicted molar refractivity (Wildman–Crippen MR) is 108 cm³/mol. The number of hydrogen-bond acceptors (Lipinski definition) is 4. The lowest BCUT2D eigenvalue weighted by atomic mass is 9.94. The van der Waals surface area contributed by atoms with E-state index < -0.39 is 11.5 Å². The molecule has 1 amide bonds. The van der Waals surface area contributed by atoms with Gasteiger partial charge in [0, 0.05) is 12.5 Å². The van der Waals surface area contributed by atoms with Crippen molar-refractivity contribution in [3.8, 4) is 11.1 Å². The quantitative estimate of drug-likeness (QED) is 0.748. The Kier molecular flexibility index (Phi) is 5.73. The van der Waals surface area contributed by atoms with Crippen LogP contribution in [0, 0.1) is 5.41 Å². The Morgan fingerprint density at radius 1 is 1.00 bits per heavy atom. The summed E-state index contributed by atoms with van der Waals surface area (Å²) in [5.41, 5.74) is 3.87. The molecule has 0 aromatic heterocycles. The van der Waals surface area contributed by atoms with Crippen molar-refractivity contribution in [2.75, 3.05) is 13.2 Å². The maximum absolute atomic E-state index is 12.2. The number of rotatable bonds is 6. The molecule has 2 aromatic carbocycles. The molecule has 5 heteroatoms. The van der Waals surface area contributed by atoms with Crippen molar-refractivity contribution >= 4 is 12.1 Å². The van der Waals surface area contributed by atoms with Crippen LogP contribution >= 0.6 is 0 Å². The van der Waals surface area contributed by atoms with Crippen LogP contribution in [-0.2, 0) is 14.3 Å². The fourth-order valence-electron chi connectivity index (χ4n) is 3.39. The number of ether oxygens (including phenoxy) is 2. The zero-order valence-electron chi connectivity index (χ0n) is 16.8. The van der Waals surface area contributed by atoms with E-state index in [0.29, 0.717) is 0 Å². The first kappa shape index (κ1) is 19.9. The van der Waals surface area contributed by atoms with Gasteiger partial charge >= 0.3 is 12.1 Å². The first-order valence-electron chi connectivity index (χ1n) is 9.59. The van der Waals surface area contributed by atoms with Gasteiger partial charge < -0.3 is 14.8 Å². The molecule has 1 aliphatic carbocycles. The van der Waals surface area contributed by atoms with E-state index in [1.54, 1.807) is 27.7 Å². The van der Waals surface area contributed by atoms with E-state index in [4.69, 9.17) is 9.47 Å². The molecular formula is C23H27NO4. The Hall–Kier alpha value is -2.82. The van der Waals surface area contributed by atoms with Crippen molar-refractivity contribution in [1.29, 1.82) is 0 Å². The van der Waals surface area contributed by atoms with Gasteiger partial charge in [-0.25, -0.2) is 4.79 Å². The summed E-state index contributed by atoms with van der Waals surface area (Å²) < 4.78 is 10.7. The second-order valence-electron chi connectivity index (χ2n) is 8.02. The highest BCUT2D eigenvalue weighted by Gasteiger charge is 2.32. The minimum Gasteiger partial charge on any atom is -0.463 e. The van der Waals surface area contributed by atoms with Crippen molar-refractivity contribution < 1.29 is 19.1 Å². The Morgan fingerprint density at radius 3 is 2.07 bits per heavy atom. The fraction of sp³-hybridized carbons (Fsp3) is 0.391. The van der Waals surface area contributed by atoms with Gasteiger partial charge in [0.15, 0.2) is 0 Å². The van der Waals surface area contributed by atoms with Gasteiger partial charge in [-0.05, 0) is 49.9 Å². The Morgan fingerprint density at radius 2 is 1.54 bits per heavy atom. The summed E-state index contributed by atoms with van der Waals surface area (Å²) in [5.74, 6) is -0.335. The molecule has 0 heterocycles. The summed E-state index contributed by atoms with van der Waals surface area (Å²) in [5, 5.41) is 2.69. The van der Waals surface area contributed by atoms with Crippen LogP contribution in [-0.4, -0.2) is 31.3 Å². The average Bonchev–Trinajstić information content (AvgIpc) is 2.98. The highest BCUT2D eigenvalue weighted by Crippen LogP contribution is 2.44. The number of carbonyl (C=O) groups is 2. The molecule has 0 saturated heterocycles. The van der Waals surface area contributed by atoms with Gasteiger partial charge in [-0.15, -0.1) is 0 Å². The highest BCUT2D eigenvalue weighted by atomic mass is 16.6. The van der Waals surface area contributed by atoms with Crippen LogP contribution in [0.2, 0.25) is 0 Å². The molecule has 0 atom stereocenters. The average molecular weight is 381 g/mol. The number of hydrogen-bond donors (Lipinski definition) is 1. The topological polar surface area (TPSA) is 64.6 Å². The van der Waals surface area contributed by atoms with Gasteiger partial charge in [-0.1, -0.05) is 48.5 Å². The highest BCUT2D eigenvalue weighted by molar-refractivity contribution is 5.79. The monoisotopic (exact) mass is 381 g/mol. The van der Waals surface area contributed by atoms with Crippen LogP contribution in [0.15, 0.2) is 48.5 Å². The summed E-state index contributed by atoms with van der Waals surface area (Å²) in [6, 6.07) is 16.4. The Labute approximate surface area is 166 Å². The zero-order chi connectivity index (χ0) is 20.3. The van der Waals surface area contributed by atoms with Gasteiger partial charge in [0.25, 0.3) is 0 Å². The van der Waals surface area contributed by atoms with E-state index >= 15 is 0 Å². The van der Waals surface area contributed by atoms with Crippen LogP contribution in [0.1, 0.15) is 44.7 Å². The second kappa shape index (κ2) is 8.05. The first-order valence-corrected chi connectivity index (χ1v) is 9.59. The molecule has 0 spiro atoms. The maximum Gasteiger partial charge on any atom is 0.407 e. The standard InChI is InChI=1S/C23H27NO4/c1-15(2)28-21(25)23(3,4)14-24-22(26)27-13-20-18-11-7-5-9-16(18)17-10-6-8-12-19(17)20/h5-12,15,20H,13-14H2,1-4H3,(H,24,26). The van der Waals surface area contributed by atoms with E-state index in [0.717, 1.165) is 11.1 Å². The minimum atomic E-state index is -0.824. The number of esters is 1. The molecule has 3 rings (SSSR count). The Bertz CT molecular complexity index is 827. The van der Waals surface area contributed by atoms with Crippen molar-refractivity contribution in [3.63, 3.8) is 0 Å². The van der Waals surface area contributed by atoms with Crippen molar-refractivity contribution in [1.82, 2.24) is 5.32 Å². The molecule has 2 aromatic rings. The number of alkyl carbamates (subject to hydrolysis) is 1. The van der Waals surface area contributed by atoms with Crippen LogP contribution in [0.25, 0.3) is 11.1 Å². The molecule has 0 saturated carbocycles. The third-order valence-electron chi connectivity index (χ3n) is 4.91. The van der Waals surface area contributed by atoms with E-state index in [9.17, 15) is 9.59 Å². The van der Waals surface area contributed by atoms with Gasteiger partial charge in [-0.2, -0.15) is 0 Å².